The number of nitrogens with zero attached hydrogens (tertiary/aromatic N) is 2. The van der Waals surface area contributed by atoms with Crippen molar-refractivity contribution in [1.29, 1.82) is 0 Å². The van der Waals surface area contributed by atoms with E-state index in [-0.39, 0.29) is 24.5 Å². The Balaban J connectivity index is 1.39. The van der Waals surface area contributed by atoms with Gasteiger partial charge < -0.3 is 23.7 Å². The Kier molecular flexibility index (Phi) is 7.53. The molecule has 0 saturated carbocycles. The van der Waals surface area contributed by atoms with Crippen LogP contribution in [0.15, 0.2) is 71.5 Å². The summed E-state index contributed by atoms with van der Waals surface area (Å²) in [5.41, 5.74) is 2.17. The van der Waals surface area contributed by atoms with Crippen LogP contribution in [0.5, 0.6) is 11.5 Å². The zero-order valence-electron chi connectivity index (χ0n) is 20.5. The van der Waals surface area contributed by atoms with Gasteiger partial charge in [-0.25, -0.2) is 0 Å². The smallest absolute Gasteiger partial charge is 0.326 e. The molecule has 0 aliphatic carbocycles. The van der Waals surface area contributed by atoms with Crippen LogP contribution in [0.4, 0.5) is 0 Å². The second-order valence-corrected chi connectivity index (χ2v) is 8.36. The summed E-state index contributed by atoms with van der Waals surface area (Å²) >= 11 is 0. The van der Waals surface area contributed by atoms with Crippen molar-refractivity contribution < 1.29 is 23.8 Å². The van der Waals surface area contributed by atoms with Crippen LogP contribution < -0.4 is 14.9 Å². The minimum absolute atomic E-state index is 0.0860. The number of carbonyl (C=O) groups excluding carboxylic acids is 2. The lowest BCUT2D eigenvalue weighted by Gasteiger charge is -2.18. The average Bonchev–Trinajstić information content (AvgIpc) is 2.92. The quantitative estimate of drug-likeness (QED) is 0.265. The number of fused-ring (bicyclic) bond motifs is 2. The third-order valence-corrected chi connectivity index (χ3v) is 6.13. The van der Waals surface area contributed by atoms with Gasteiger partial charge in [0.05, 0.1) is 25.3 Å². The third kappa shape index (κ3) is 5.17. The standard InChI is InChI=1S/C28H28N2O6/c1-29(15-14-19-12-13-24(34-2)25(16-19)35-3)26(31)18-36-27(32)17-30-22-10-6-4-8-20(22)28(33)21-9-5-7-11-23(21)30/h4-13,16H,14-15,17-18H2,1-3H3. The number of hydrogen-bond acceptors (Lipinski definition) is 6. The van der Waals surface area contributed by atoms with Crippen molar-refractivity contribution in [2.45, 2.75) is 13.0 Å². The lowest BCUT2D eigenvalue weighted by molar-refractivity contribution is -0.151. The Hall–Kier alpha value is -4.33. The monoisotopic (exact) mass is 488 g/mol. The fourth-order valence-corrected chi connectivity index (χ4v) is 4.13. The summed E-state index contributed by atoms with van der Waals surface area (Å²) in [4.78, 5) is 39.7. The maximum absolute atomic E-state index is 12.9. The molecule has 0 fully saturated rings. The van der Waals surface area contributed by atoms with E-state index in [0.717, 1.165) is 5.56 Å². The fraction of sp³-hybridized carbons (Fsp3) is 0.250. The zero-order valence-corrected chi connectivity index (χ0v) is 20.5. The largest absolute Gasteiger partial charge is 0.493 e. The number of amides is 1. The number of esters is 1. The number of carbonyl (C=O) groups is 2. The van der Waals surface area contributed by atoms with Crippen molar-refractivity contribution in [3.8, 4) is 11.5 Å². The Bertz CT molecular complexity index is 1420. The number of benzene rings is 3. The van der Waals surface area contributed by atoms with E-state index in [1.165, 1.54) is 4.90 Å². The van der Waals surface area contributed by atoms with Gasteiger partial charge in [-0.3, -0.25) is 14.4 Å². The van der Waals surface area contributed by atoms with E-state index < -0.39 is 5.97 Å². The first kappa shape index (κ1) is 24.8. The highest BCUT2D eigenvalue weighted by atomic mass is 16.5. The minimum Gasteiger partial charge on any atom is -0.493 e. The van der Waals surface area contributed by atoms with Gasteiger partial charge in [0.1, 0.15) is 6.54 Å². The Morgan fingerprint density at radius 1 is 0.861 bits per heavy atom. The maximum atomic E-state index is 12.9. The number of ether oxygens (including phenoxy) is 3. The molecule has 186 valence electrons. The molecule has 4 aromatic rings. The number of para-hydroxylation sites is 2. The van der Waals surface area contributed by atoms with Crippen LogP contribution in [0.3, 0.4) is 0 Å². The lowest BCUT2D eigenvalue weighted by Crippen LogP contribution is -2.33. The van der Waals surface area contributed by atoms with E-state index in [1.807, 2.05) is 30.3 Å². The van der Waals surface area contributed by atoms with Gasteiger partial charge in [-0.2, -0.15) is 0 Å². The van der Waals surface area contributed by atoms with E-state index in [4.69, 9.17) is 14.2 Å². The molecule has 0 atom stereocenters. The highest BCUT2D eigenvalue weighted by molar-refractivity contribution is 5.94. The van der Waals surface area contributed by atoms with Crippen LogP contribution in [0.1, 0.15) is 5.56 Å². The number of pyridine rings is 1. The van der Waals surface area contributed by atoms with Crippen LogP contribution in [0, 0.1) is 0 Å². The molecule has 0 saturated heterocycles. The zero-order chi connectivity index (χ0) is 25.7. The topological polar surface area (TPSA) is 87.1 Å². The molecule has 4 rings (SSSR count). The normalized spacial score (nSPS) is 10.9. The van der Waals surface area contributed by atoms with Gasteiger partial charge in [0.15, 0.2) is 23.5 Å². The van der Waals surface area contributed by atoms with Gasteiger partial charge in [-0.05, 0) is 48.4 Å². The van der Waals surface area contributed by atoms with Crippen molar-refractivity contribution in [3.63, 3.8) is 0 Å². The van der Waals surface area contributed by atoms with Crippen molar-refractivity contribution >= 4 is 33.7 Å². The van der Waals surface area contributed by atoms with Gasteiger partial charge in [0.25, 0.3) is 5.91 Å². The van der Waals surface area contributed by atoms with Crippen LogP contribution >= 0.6 is 0 Å². The highest BCUT2D eigenvalue weighted by Crippen LogP contribution is 2.27. The predicted molar refractivity (Wildman–Crippen MR) is 138 cm³/mol. The summed E-state index contributed by atoms with van der Waals surface area (Å²) in [6.45, 7) is -0.0396. The summed E-state index contributed by atoms with van der Waals surface area (Å²) in [6, 6.07) is 19.9. The van der Waals surface area contributed by atoms with Crippen molar-refractivity contribution in [1.82, 2.24) is 9.47 Å². The summed E-state index contributed by atoms with van der Waals surface area (Å²) in [6.07, 6.45) is 0.603. The SMILES string of the molecule is COc1ccc(CCN(C)C(=O)COC(=O)Cn2c3ccccc3c(=O)c3ccccc32)cc1OC. The summed E-state index contributed by atoms with van der Waals surface area (Å²) < 4.78 is 17.6. The molecule has 1 heterocycles. The molecule has 0 bridgehead atoms. The molecule has 0 N–H and O–H groups in total. The van der Waals surface area contributed by atoms with Gasteiger partial charge in [-0.15, -0.1) is 0 Å². The van der Waals surface area contributed by atoms with Crippen LogP contribution in [-0.4, -0.2) is 55.8 Å². The Morgan fingerprint density at radius 3 is 2.08 bits per heavy atom. The Morgan fingerprint density at radius 2 is 1.47 bits per heavy atom. The molecule has 8 heteroatoms. The lowest BCUT2D eigenvalue weighted by atomic mass is 10.1. The molecule has 0 unspecified atom stereocenters. The minimum atomic E-state index is -0.560. The van der Waals surface area contributed by atoms with Crippen molar-refractivity contribution in [2.24, 2.45) is 0 Å². The van der Waals surface area contributed by atoms with E-state index in [0.29, 0.717) is 46.3 Å². The molecule has 0 aliphatic heterocycles. The number of aromatic nitrogens is 1. The molecule has 0 spiro atoms. The molecule has 3 aromatic carbocycles. The average molecular weight is 489 g/mol. The van der Waals surface area contributed by atoms with Crippen LogP contribution in [0.2, 0.25) is 0 Å². The molecule has 1 amide bonds. The van der Waals surface area contributed by atoms with E-state index in [1.54, 1.807) is 62.2 Å². The number of methoxy groups -OCH3 is 2. The van der Waals surface area contributed by atoms with Crippen LogP contribution in [-0.2, 0) is 27.3 Å². The van der Waals surface area contributed by atoms with Gasteiger partial charge in [0.2, 0.25) is 0 Å². The third-order valence-electron chi connectivity index (χ3n) is 6.13. The maximum Gasteiger partial charge on any atom is 0.326 e. The van der Waals surface area contributed by atoms with E-state index >= 15 is 0 Å². The van der Waals surface area contributed by atoms with E-state index in [2.05, 4.69) is 0 Å². The molecule has 0 radical (unpaired) electrons. The number of rotatable bonds is 9. The molecular weight excluding hydrogens is 460 g/mol. The molecule has 0 aliphatic rings. The van der Waals surface area contributed by atoms with Gasteiger partial charge in [-0.1, -0.05) is 30.3 Å². The van der Waals surface area contributed by atoms with Gasteiger partial charge in [0, 0.05) is 24.4 Å². The number of hydrogen-bond donors (Lipinski definition) is 0. The summed E-state index contributed by atoms with van der Waals surface area (Å²) in [5, 5.41) is 1.05. The van der Waals surface area contributed by atoms with Crippen LogP contribution in [0.25, 0.3) is 21.8 Å². The second kappa shape index (κ2) is 10.9. The van der Waals surface area contributed by atoms with Gasteiger partial charge >= 0.3 is 5.97 Å². The molecular formula is C28H28N2O6. The molecule has 8 nitrogen and oxygen atoms in total. The first-order valence-electron chi connectivity index (χ1n) is 11.5. The summed E-state index contributed by atoms with van der Waals surface area (Å²) in [7, 11) is 4.82. The molecule has 1 aromatic heterocycles. The van der Waals surface area contributed by atoms with E-state index in [9.17, 15) is 14.4 Å². The Labute approximate surface area is 208 Å². The summed E-state index contributed by atoms with van der Waals surface area (Å²) in [5.74, 6) is 0.399. The molecule has 36 heavy (non-hydrogen) atoms. The van der Waals surface area contributed by atoms with Crippen molar-refractivity contribution in [3.05, 3.63) is 82.5 Å². The first-order chi connectivity index (χ1) is 17.4. The van der Waals surface area contributed by atoms with Crippen molar-refractivity contribution in [2.75, 3.05) is 34.4 Å². The number of likely N-dealkylation sites (N-methyl/N-ethyl adjacent to an activating group) is 1. The second-order valence-electron chi connectivity index (χ2n) is 8.36. The predicted octanol–water partition coefficient (Wildman–Crippen LogP) is 3.42. The highest BCUT2D eigenvalue weighted by Gasteiger charge is 2.16. The fourth-order valence-electron chi connectivity index (χ4n) is 4.13. The first-order valence-corrected chi connectivity index (χ1v) is 11.5.